The van der Waals surface area contributed by atoms with Crippen molar-refractivity contribution in [2.24, 2.45) is 0 Å². The van der Waals surface area contributed by atoms with Crippen LogP contribution in [0, 0.1) is 0 Å². The van der Waals surface area contributed by atoms with Crippen molar-refractivity contribution in [3.8, 4) is 0 Å². The maximum Gasteiger partial charge on any atom is 0.377 e. The molecule has 2 aromatic carbocycles. The third-order valence-corrected chi connectivity index (χ3v) is 3.32. The molecule has 0 fully saturated rings. The Morgan fingerprint density at radius 2 is 1.74 bits per heavy atom. The van der Waals surface area contributed by atoms with Gasteiger partial charge in [-0.3, -0.25) is 0 Å². The summed E-state index contributed by atoms with van der Waals surface area (Å²) in [7, 11) is 0. The first-order chi connectivity index (χ1) is 10.9. The van der Waals surface area contributed by atoms with Crippen LogP contribution in [0.5, 0.6) is 0 Å². The summed E-state index contributed by atoms with van der Waals surface area (Å²) in [5, 5.41) is 1.06. The molecule has 23 heavy (non-hydrogen) atoms. The van der Waals surface area contributed by atoms with Crippen LogP contribution in [0.4, 0.5) is 17.6 Å². The number of alkyl halides is 2. The van der Waals surface area contributed by atoms with Crippen molar-refractivity contribution in [1.29, 1.82) is 0 Å². The van der Waals surface area contributed by atoms with E-state index in [1.165, 1.54) is 19.1 Å². The van der Waals surface area contributed by atoms with Crippen LogP contribution in [0.2, 0.25) is 0 Å². The maximum absolute atomic E-state index is 13.9. The number of hydrogen-bond donors (Lipinski definition) is 0. The molecule has 0 heterocycles. The highest BCUT2D eigenvalue weighted by Gasteiger charge is 2.42. The predicted molar refractivity (Wildman–Crippen MR) is 79.3 cm³/mol. The molecule has 0 atom stereocenters. The highest BCUT2D eigenvalue weighted by molar-refractivity contribution is 5.95. The standard InChI is InChI=1S/C17H14F4O2/c1-2-23-16(22)17(20,21)10-14(15(18)19)13-9-5-7-11-6-3-4-8-12(11)13/h3-9H,2,10H2,1H3. The van der Waals surface area contributed by atoms with Crippen molar-refractivity contribution in [2.75, 3.05) is 6.61 Å². The second-order valence-corrected chi connectivity index (χ2v) is 4.87. The molecule has 2 rings (SSSR count). The Morgan fingerprint density at radius 1 is 1.09 bits per heavy atom. The van der Waals surface area contributed by atoms with Gasteiger partial charge in [0.05, 0.1) is 13.0 Å². The average Bonchev–Trinajstić information content (AvgIpc) is 2.52. The zero-order valence-electron chi connectivity index (χ0n) is 12.3. The molecule has 0 saturated carbocycles. The summed E-state index contributed by atoms with van der Waals surface area (Å²) in [5.41, 5.74) is -0.882. The number of hydrogen-bond acceptors (Lipinski definition) is 2. The molecule has 0 aliphatic heterocycles. The number of fused-ring (bicyclic) bond motifs is 1. The summed E-state index contributed by atoms with van der Waals surface area (Å²) >= 11 is 0. The molecule has 2 aromatic rings. The van der Waals surface area contributed by atoms with Crippen LogP contribution in [0.25, 0.3) is 16.3 Å². The minimum atomic E-state index is -4.02. The normalized spacial score (nSPS) is 11.3. The van der Waals surface area contributed by atoms with E-state index in [1.54, 1.807) is 30.3 Å². The average molecular weight is 326 g/mol. The van der Waals surface area contributed by atoms with Crippen LogP contribution in [0.1, 0.15) is 18.9 Å². The number of rotatable bonds is 5. The van der Waals surface area contributed by atoms with Crippen LogP contribution < -0.4 is 0 Å². The van der Waals surface area contributed by atoms with Crippen molar-refractivity contribution in [2.45, 2.75) is 19.3 Å². The molecular formula is C17H14F4O2. The first-order valence-electron chi connectivity index (χ1n) is 6.94. The van der Waals surface area contributed by atoms with E-state index in [-0.39, 0.29) is 12.2 Å². The van der Waals surface area contributed by atoms with Crippen LogP contribution in [-0.2, 0) is 9.53 Å². The smallest absolute Gasteiger partial charge is 0.377 e. The van der Waals surface area contributed by atoms with Gasteiger partial charge in [0.25, 0.3) is 6.08 Å². The molecule has 0 saturated heterocycles. The van der Waals surface area contributed by atoms with E-state index in [0.29, 0.717) is 10.8 Å². The van der Waals surface area contributed by atoms with Gasteiger partial charge in [0.2, 0.25) is 0 Å². The van der Waals surface area contributed by atoms with Crippen LogP contribution in [-0.4, -0.2) is 18.5 Å². The van der Waals surface area contributed by atoms with E-state index in [0.717, 1.165) is 0 Å². The Hall–Kier alpha value is -2.37. The number of ether oxygens (including phenoxy) is 1. The number of benzene rings is 2. The molecule has 0 N–H and O–H groups in total. The molecular weight excluding hydrogens is 312 g/mol. The zero-order valence-corrected chi connectivity index (χ0v) is 12.3. The Labute approximate surface area is 130 Å². The Bertz CT molecular complexity index is 744. The lowest BCUT2D eigenvalue weighted by Gasteiger charge is -2.17. The first kappa shape index (κ1) is 17.0. The predicted octanol–water partition coefficient (Wildman–Crippen LogP) is 5.04. The summed E-state index contributed by atoms with van der Waals surface area (Å²) in [5.74, 6) is -5.83. The quantitative estimate of drug-likeness (QED) is 0.568. The van der Waals surface area contributed by atoms with Gasteiger partial charge in [-0.05, 0) is 23.3 Å². The number of esters is 1. The number of carbonyl (C=O) groups excluding carboxylic acids is 1. The Balaban J connectivity index is 2.48. The Kier molecular flexibility index (Phi) is 5.03. The highest BCUT2D eigenvalue weighted by atomic mass is 19.3. The van der Waals surface area contributed by atoms with Crippen LogP contribution >= 0.6 is 0 Å². The fourth-order valence-electron chi connectivity index (χ4n) is 2.28. The largest absolute Gasteiger partial charge is 0.462 e. The van der Waals surface area contributed by atoms with Gasteiger partial charge in [-0.25, -0.2) is 4.79 Å². The molecule has 6 heteroatoms. The van der Waals surface area contributed by atoms with Crippen molar-refractivity contribution >= 4 is 22.3 Å². The molecule has 0 radical (unpaired) electrons. The van der Waals surface area contributed by atoms with Gasteiger partial charge in [-0.1, -0.05) is 42.5 Å². The summed E-state index contributed by atoms with van der Waals surface area (Å²) in [6.07, 6.45) is -3.66. The highest BCUT2D eigenvalue weighted by Crippen LogP contribution is 2.36. The first-order valence-corrected chi connectivity index (χ1v) is 6.94. The minimum absolute atomic E-state index is 0.0212. The van der Waals surface area contributed by atoms with Crippen molar-refractivity contribution in [1.82, 2.24) is 0 Å². The fraction of sp³-hybridized carbons (Fsp3) is 0.235. The third kappa shape index (κ3) is 3.70. The molecule has 0 unspecified atom stereocenters. The molecule has 0 amide bonds. The topological polar surface area (TPSA) is 26.3 Å². The van der Waals surface area contributed by atoms with Crippen LogP contribution in [0.3, 0.4) is 0 Å². The van der Waals surface area contributed by atoms with Crippen molar-refractivity contribution < 1.29 is 27.1 Å². The van der Waals surface area contributed by atoms with Crippen LogP contribution in [0.15, 0.2) is 48.5 Å². The van der Waals surface area contributed by atoms with E-state index in [2.05, 4.69) is 4.74 Å². The zero-order chi connectivity index (χ0) is 17.0. The van der Waals surface area contributed by atoms with E-state index in [1.807, 2.05) is 0 Å². The third-order valence-electron chi connectivity index (χ3n) is 3.32. The monoisotopic (exact) mass is 326 g/mol. The number of allylic oxidation sites excluding steroid dienone is 1. The van der Waals surface area contributed by atoms with Gasteiger partial charge in [0, 0.05) is 5.57 Å². The van der Waals surface area contributed by atoms with Crippen molar-refractivity contribution in [3.05, 3.63) is 54.1 Å². The van der Waals surface area contributed by atoms with E-state index >= 15 is 0 Å². The van der Waals surface area contributed by atoms with E-state index < -0.39 is 30.0 Å². The summed E-state index contributed by atoms with van der Waals surface area (Å²) in [4.78, 5) is 11.3. The van der Waals surface area contributed by atoms with Gasteiger partial charge in [-0.15, -0.1) is 0 Å². The van der Waals surface area contributed by atoms with Gasteiger partial charge < -0.3 is 4.74 Å². The minimum Gasteiger partial charge on any atom is -0.462 e. The number of halogens is 4. The lowest BCUT2D eigenvalue weighted by Crippen LogP contribution is -2.31. The maximum atomic E-state index is 13.9. The lowest BCUT2D eigenvalue weighted by atomic mass is 9.95. The summed E-state index contributed by atoms with van der Waals surface area (Å²) in [6.45, 7) is 1.12. The van der Waals surface area contributed by atoms with Gasteiger partial charge in [0.15, 0.2) is 0 Å². The molecule has 0 aliphatic carbocycles. The summed E-state index contributed by atoms with van der Waals surface area (Å²) in [6, 6.07) is 11.1. The van der Waals surface area contributed by atoms with Gasteiger partial charge in [-0.2, -0.15) is 17.6 Å². The molecule has 2 nitrogen and oxygen atoms in total. The second kappa shape index (κ2) is 6.81. The Morgan fingerprint density at radius 3 is 2.39 bits per heavy atom. The molecule has 0 aromatic heterocycles. The molecule has 0 bridgehead atoms. The van der Waals surface area contributed by atoms with Gasteiger partial charge >= 0.3 is 11.9 Å². The second-order valence-electron chi connectivity index (χ2n) is 4.87. The van der Waals surface area contributed by atoms with E-state index in [9.17, 15) is 22.4 Å². The molecule has 0 spiro atoms. The lowest BCUT2D eigenvalue weighted by molar-refractivity contribution is -0.170. The van der Waals surface area contributed by atoms with E-state index in [4.69, 9.17) is 0 Å². The molecule has 0 aliphatic rings. The van der Waals surface area contributed by atoms with Gasteiger partial charge in [0.1, 0.15) is 0 Å². The van der Waals surface area contributed by atoms with Crippen molar-refractivity contribution in [3.63, 3.8) is 0 Å². The fourth-order valence-corrected chi connectivity index (χ4v) is 2.28. The molecule has 122 valence electrons. The number of carbonyl (C=O) groups is 1. The summed E-state index contributed by atoms with van der Waals surface area (Å²) < 4.78 is 58.5. The SMILES string of the molecule is CCOC(=O)C(F)(F)CC(=C(F)F)c1cccc2ccccc12.